The van der Waals surface area contributed by atoms with Gasteiger partial charge in [-0.1, -0.05) is 24.3 Å². The van der Waals surface area contributed by atoms with Gasteiger partial charge in [-0.05, 0) is 49.1 Å². The molecule has 1 aliphatic rings. The topological polar surface area (TPSA) is 54.2 Å². The lowest BCUT2D eigenvalue weighted by molar-refractivity contribution is 0.602. The molecule has 154 valence electrons. The van der Waals surface area contributed by atoms with Crippen LogP contribution in [0.4, 0.5) is 4.39 Å². The van der Waals surface area contributed by atoms with E-state index in [1.807, 2.05) is 30.6 Å². The fraction of sp³-hybridized carbons (Fsp3) is 0.364. The minimum Gasteiger partial charge on any atom is -0.356 e. The Labute approximate surface area is 187 Å². The van der Waals surface area contributed by atoms with Crippen LogP contribution >= 0.6 is 24.0 Å². The van der Waals surface area contributed by atoms with Crippen molar-refractivity contribution in [1.82, 2.24) is 20.2 Å². The number of guanidine groups is 1. The molecule has 0 saturated heterocycles. The summed E-state index contributed by atoms with van der Waals surface area (Å²) in [5, 5.41) is 6.78. The average Bonchev–Trinajstić information content (AvgIpc) is 3.41. The summed E-state index contributed by atoms with van der Waals surface area (Å²) in [6.45, 7) is 2.49. The zero-order chi connectivity index (χ0) is 19.4. The maximum Gasteiger partial charge on any atom is 0.191 e. The minimum atomic E-state index is -0.168. The lowest BCUT2D eigenvalue weighted by Crippen LogP contribution is -2.41. The van der Waals surface area contributed by atoms with Gasteiger partial charge in [-0.3, -0.25) is 4.99 Å². The van der Waals surface area contributed by atoms with Crippen molar-refractivity contribution >= 4 is 41.0 Å². The van der Waals surface area contributed by atoms with Gasteiger partial charge in [0.15, 0.2) is 5.96 Å². The van der Waals surface area contributed by atoms with Crippen LogP contribution in [0.3, 0.4) is 0 Å². The summed E-state index contributed by atoms with van der Waals surface area (Å²) in [4.78, 5) is 8.74. The van der Waals surface area contributed by atoms with E-state index in [1.165, 1.54) is 6.07 Å². The van der Waals surface area contributed by atoms with E-state index in [4.69, 9.17) is 0 Å². The predicted molar refractivity (Wildman–Crippen MR) is 126 cm³/mol. The van der Waals surface area contributed by atoms with E-state index in [2.05, 4.69) is 31.2 Å². The van der Waals surface area contributed by atoms with Gasteiger partial charge in [-0.2, -0.15) is 0 Å². The zero-order valence-corrected chi connectivity index (χ0v) is 18.9. The minimum absolute atomic E-state index is 0. The van der Waals surface area contributed by atoms with Crippen molar-refractivity contribution in [2.24, 2.45) is 4.99 Å². The van der Waals surface area contributed by atoms with E-state index in [9.17, 15) is 4.39 Å². The van der Waals surface area contributed by atoms with Crippen molar-refractivity contribution in [2.45, 2.75) is 31.2 Å². The predicted octanol–water partition coefficient (Wildman–Crippen LogP) is 4.08. The highest BCUT2D eigenvalue weighted by Gasteiger charge is 2.44. The van der Waals surface area contributed by atoms with Gasteiger partial charge in [-0.25, -0.2) is 9.37 Å². The number of rotatable bonds is 7. The second-order valence-electron chi connectivity index (χ2n) is 7.42. The molecule has 3 aromatic rings. The lowest BCUT2D eigenvalue weighted by atomic mass is 9.96. The van der Waals surface area contributed by atoms with Gasteiger partial charge in [0, 0.05) is 32.1 Å². The summed E-state index contributed by atoms with van der Waals surface area (Å²) < 4.78 is 15.7. The van der Waals surface area contributed by atoms with Gasteiger partial charge in [0.2, 0.25) is 0 Å². The van der Waals surface area contributed by atoms with E-state index < -0.39 is 0 Å². The fourth-order valence-corrected chi connectivity index (χ4v) is 3.65. The van der Waals surface area contributed by atoms with Gasteiger partial charge in [0.05, 0.1) is 17.4 Å². The van der Waals surface area contributed by atoms with Crippen LogP contribution in [-0.4, -0.2) is 35.6 Å². The first-order chi connectivity index (χ1) is 13.7. The first-order valence-electron chi connectivity index (χ1n) is 9.81. The van der Waals surface area contributed by atoms with Crippen LogP contribution in [0.25, 0.3) is 11.0 Å². The third-order valence-electron chi connectivity index (χ3n) is 5.50. The van der Waals surface area contributed by atoms with E-state index in [1.54, 1.807) is 19.2 Å². The molecule has 4 rings (SSSR count). The highest BCUT2D eigenvalue weighted by Crippen LogP contribution is 2.47. The highest BCUT2D eigenvalue weighted by atomic mass is 127. The van der Waals surface area contributed by atoms with Gasteiger partial charge >= 0.3 is 0 Å². The summed E-state index contributed by atoms with van der Waals surface area (Å²) in [7, 11) is 1.78. The first-order valence-corrected chi connectivity index (χ1v) is 9.81. The average molecular weight is 507 g/mol. The number of halogens is 2. The monoisotopic (exact) mass is 507 g/mol. The van der Waals surface area contributed by atoms with E-state index in [0.717, 1.165) is 61.5 Å². The molecule has 1 aromatic heterocycles. The summed E-state index contributed by atoms with van der Waals surface area (Å²) in [5.74, 6) is 0.622. The molecule has 2 N–H and O–H groups in total. The second-order valence-corrected chi connectivity index (χ2v) is 7.42. The Morgan fingerprint density at radius 2 is 2.00 bits per heavy atom. The maximum absolute atomic E-state index is 13.5. The molecule has 7 heteroatoms. The quantitative estimate of drug-likeness (QED) is 0.219. The summed E-state index contributed by atoms with van der Waals surface area (Å²) in [6.07, 6.45) is 5.02. The molecular formula is C22H27FIN5. The molecule has 29 heavy (non-hydrogen) atoms. The summed E-state index contributed by atoms with van der Waals surface area (Å²) in [5.41, 5.74) is 3.30. The third-order valence-corrected chi connectivity index (χ3v) is 5.50. The van der Waals surface area contributed by atoms with E-state index >= 15 is 0 Å². The van der Waals surface area contributed by atoms with Crippen molar-refractivity contribution in [3.8, 4) is 0 Å². The molecule has 0 radical (unpaired) electrons. The van der Waals surface area contributed by atoms with Crippen molar-refractivity contribution in [2.75, 3.05) is 20.1 Å². The number of hydrogen-bond acceptors (Lipinski definition) is 2. The van der Waals surface area contributed by atoms with Gasteiger partial charge in [0.1, 0.15) is 5.82 Å². The first kappa shape index (κ1) is 21.5. The lowest BCUT2D eigenvalue weighted by Gasteiger charge is -2.19. The largest absolute Gasteiger partial charge is 0.356 e. The molecule has 2 aromatic carbocycles. The number of aliphatic imine (C=N–C) groups is 1. The van der Waals surface area contributed by atoms with E-state index in [0.29, 0.717) is 0 Å². The number of aryl methyl sites for hydroxylation is 1. The van der Waals surface area contributed by atoms with Crippen LogP contribution in [0.1, 0.15) is 24.8 Å². The van der Waals surface area contributed by atoms with Crippen LogP contribution in [0.5, 0.6) is 0 Å². The third kappa shape index (κ3) is 5.07. The van der Waals surface area contributed by atoms with Crippen molar-refractivity contribution in [3.63, 3.8) is 0 Å². The Hall–Kier alpha value is -2.16. The van der Waals surface area contributed by atoms with E-state index in [-0.39, 0.29) is 35.2 Å². The number of para-hydroxylation sites is 2. The second kappa shape index (κ2) is 9.56. The molecule has 0 amide bonds. The van der Waals surface area contributed by atoms with Crippen LogP contribution in [0.2, 0.25) is 0 Å². The molecule has 1 heterocycles. The van der Waals surface area contributed by atoms with Crippen LogP contribution in [0, 0.1) is 5.82 Å². The Kier molecular flexibility index (Phi) is 7.10. The number of hydrogen-bond donors (Lipinski definition) is 2. The molecule has 1 fully saturated rings. The number of nitrogens with one attached hydrogen (secondary N) is 2. The van der Waals surface area contributed by atoms with Gasteiger partial charge in [-0.15, -0.1) is 24.0 Å². The molecular weight excluding hydrogens is 480 g/mol. The Morgan fingerprint density at radius 3 is 2.76 bits per heavy atom. The maximum atomic E-state index is 13.5. The SMILES string of the molecule is CN=C(NCCCn1cnc2ccccc21)NCC1(c2cccc(F)c2)CC1.I. The van der Waals surface area contributed by atoms with Crippen molar-refractivity contribution < 1.29 is 4.39 Å². The molecule has 0 atom stereocenters. The van der Waals surface area contributed by atoms with Crippen LogP contribution in [0.15, 0.2) is 59.9 Å². The molecule has 0 spiro atoms. The number of imidazole rings is 1. The fourth-order valence-electron chi connectivity index (χ4n) is 3.65. The molecule has 0 unspecified atom stereocenters. The van der Waals surface area contributed by atoms with Crippen molar-refractivity contribution in [3.05, 3.63) is 66.2 Å². The van der Waals surface area contributed by atoms with Crippen LogP contribution in [-0.2, 0) is 12.0 Å². The van der Waals surface area contributed by atoms with Gasteiger partial charge < -0.3 is 15.2 Å². The number of aromatic nitrogens is 2. The molecule has 5 nitrogen and oxygen atoms in total. The number of fused-ring (bicyclic) bond motifs is 1. The van der Waals surface area contributed by atoms with Crippen LogP contribution < -0.4 is 10.6 Å². The normalized spacial score (nSPS) is 15.0. The smallest absolute Gasteiger partial charge is 0.191 e. The standard InChI is InChI=1S/C22H26FN5.HI/c1-24-21(26-15-22(10-11-22)17-6-4-7-18(23)14-17)25-12-5-13-28-16-27-19-8-2-3-9-20(19)28;/h2-4,6-9,14,16H,5,10-13,15H2,1H3,(H2,24,25,26);1H. The highest BCUT2D eigenvalue weighted by molar-refractivity contribution is 14.0. The number of nitrogens with zero attached hydrogens (tertiary/aromatic N) is 3. The molecule has 0 aliphatic heterocycles. The molecule has 0 bridgehead atoms. The molecule has 1 aliphatic carbocycles. The molecule has 1 saturated carbocycles. The Morgan fingerprint density at radius 1 is 1.17 bits per heavy atom. The Bertz CT molecular complexity index is 980. The van der Waals surface area contributed by atoms with Crippen molar-refractivity contribution in [1.29, 1.82) is 0 Å². The number of benzene rings is 2. The summed E-state index contributed by atoms with van der Waals surface area (Å²) >= 11 is 0. The zero-order valence-electron chi connectivity index (χ0n) is 16.6. The Balaban J connectivity index is 0.00000240. The summed E-state index contributed by atoms with van der Waals surface area (Å²) in [6, 6.07) is 15.1. The van der Waals surface area contributed by atoms with Gasteiger partial charge in [0.25, 0.3) is 0 Å².